The van der Waals surface area contributed by atoms with Gasteiger partial charge in [0, 0.05) is 18.3 Å². The van der Waals surface area contributed by atoms with Gasteiger partial charge in [0.25, 0.3) is 5.56 Å². The first-order chi connectivity index (χ1) is 15.2. The predicted molar refractivity (Wildman–Crippen MR) is 124 cm³/mol. The third-order valence-electron chi connectivity index (χ3n) is 5.90. The number of rotatable bonds is 4. The second kappa shape index (κ2) is 8.35. The van der Waals surface area contributed by atoms with Crippen LogP contribution in [0.3, 0.4) is 0 Å². The number of esters is 1. The average Bonchev–Trinajstić information content (AvgIpc) is 3.25. The van der Waals surface area contributed by atoms with Crippen molar-refractivity contribution >= 4 is 23.4 Å². The van der Waals surface area contributed by atoms with Crippen LogP contribution in [0.1, 0.15) is 55.1 Å². The van der Waals surface area contributed by atoms with Gasteiger partial charge in [-0.2, -0.15) is 5.10 Å². The summed E-state index contributed by atoms with van der Waals surface area (Å²) in [6, 6.07) is 7.55. The highest BCUT2D eigenvalue weighted by molar-refractivity contribution is 7.07. The topological polar surface area (TPSA) is 78.5 Å². The van der Waals surface area contributed by atoms with E-state index in [0.717, 1.165) is 16.8 Å². The van der Waals surface area contributed by atoms with E-state index in [9.17, 15) is 9.59 Å². The Bertz CT molecular complexity index is 1400. The second-order valence-corrected chi connectivity index (χ2v) is 9.21. The van der Waals surface area contributed by atoms with Crippen molar-refractivity contribution in [2.24, 2.45) is 12.0 Å². The molecule has 1 aromatic carbocycles. The molecule has 4 rings (SSSR count). The molecule has 0 N–H and O–H groups in total. The van der Waals surface area contributed by atoms with Gasteiger partial charge in [0.05, 0.1) is 29.1 Å². The van der Waals surface area contributed by atoms with Gasteiger partial charge in [-0.1, -0.05) is 49.4 Å². The molecule has 1 atom stereocenters. The number of fused-ring (bicyclic) bond motifs is 1. The molecule has 1 unspecified atom stereocenters. The van der Waals surface area contributed by atoms with Gasteiger partial charge in [-0.15, -0.1) is 0 Å². The standard InChI is InChI=1S/C24H26N4O3S/c1-13(2)17-9-7-16(8-10-17)11-19-22(29)28-21(18-12-25-27(5)15(18)4)20(23(30)31-6)14(3)26-24(28)32-19/h7-13,21H,1-6H3/b19-11+. The molecule has 166 valence electrons. The van der Waals surface area contributed by atoms with E-state index >= 15 is 0 Å². The van der Waals surface area contributed by atoms with Gasteiger partial charge in [-0.3, -0.25) is 14.0 Å². The van der Waals surface area contributed by atoms with Crippen molar-refractivity contribution in [1.82, 2.24) is 14.3 Å². The van der Waals surface area contributed by atoms with Crippen molar-refractivity contribution < 1.29 is 9.53 Å². The lowest BCUT2D eigenvalue weighted by molar-refractivity contribution is -0.136. The molecule has 7 nitrogen and oxygen atoms in total. The average molecular weight is 451 g/mol. The first-order valence-corrected chi connectivity index (χ1v) is 11.2. The summed E-state index contributed by atoms with van der Waals surface area (Å²) < 4.78 is 8.92. The highest BCUT2D eigenvalue weighted by Crippen LogP contribution is 2.32. The molecule has 8 heteroatoms. The summed E-state index contributed by atoms with van der Waals surface area (Å²) >= 11 is 1.32. The van der Waals surface area contributed by atoms with Gasteiger partial charge in [-0.25, -0.2) is 9.79 Å². The predicted octanol–water partition coefficient (Wildman–Crippen LogP) is 2.57. The highest BCUT2D eigenvalue weighted by atomic mass is 32.1. The second-order valence-electron chi connectivity index (χ2n) is 8.20. The Hall–Kier alpha value is -3.26. The number of benzene rings is 1. The summed E-state index contributed by atoms with van der Waals surface area (Å²) in [5.41, 5.74) is 4.53. The van der Waals surface area contributed by atoms with Gasteiger partial charge in [0.2, 0.25) is 0 Å². The number of ether oxygens (including phenoxy) is 1. The molecule has 3 heterocycles. The molecule has 0 amide bonds. The van der Waals surface area contributed by atoms with Gasteiger partial charge in [-0.05, 0) is 37.0 Å². The van der Waals surface area contributed by atoms with Crippen molar-refractivity contribution in [3.63, 3.8) is 0 Å². The van der Waals surface area contributed by atoms with Crippen LogP contribution in [-0.4, -0.2) is 27.4 Å². The number of aryl methyl sites for hydroxylation is 1. The first-order valence-electron chi connectivity index (χ1n) is 10.4. The van der Waals surface area contributed by atoms with Crippen molar-refractivity contribution in [3.05, 3.63) is 83.8 Å². The molecular weight excluding hydrogens is 424 g/mol. The Morgan fingerprint density at radius 2 is 1.91 bits per heavy atom. The lowest BCUT2D eigenvalue weighted by atomic mass is 9.96. The largest absolute Gasteiger partial charge is 0.466 e. The van der Waals surface area contributed by atoms with Gasteiger partial charge < -0.3 is 4.74 Å². The number of allylic oxidation sites excluding steroid dienone is 1. The quantitative estimate of drug-likeness (QED) is 0.573. The van der Waals surface area contributed by atoms with E-state index in [2.05, 4.69) is 36.1 Å². The zero-order valence-corrected chi connectivity index (χ0v) is 19.9. The van der Waals surface area contributed by atoms with Crippen LogP contribution in [0.25, 0.3) is 6.08 Å². The third kappa shape index (κ3) is 3.64. The summed E-state index contributed by atoms with van der Waals surface area (Å²) in [7, 11) is 3.17. The fourth-order valence-corrected chi connectivity index (χ4v) is 4.95. The summed E-state index contributed by atoms with van der Waals surface area (Å²) in [5, 5.41) is 4.33. The van der Waals surface area contributed by atoms with Crippen LogP contribution in [-0.2, 0) is 16.6 Å². The molecule has 1 aliphatic heterocycles. The van der Waals surface area contributed by atoms with Gasteiger partial charge in [0.15, 0.2) is 4.80 Å². The van der Waals surface area contributed by atoms with Crippen molar-refractivity contribution in [3.8, 4) is 0 Å². The lowest BCUT2D eigenvalue weighted by Crippen LogP contribution is -2.40. The van der Waals surface area contributed by atoms with Gasteiger partial charge in [0.1, 0.15) is 6.04 Å². The van der Waals surface area contributed by atoms with E-state index in [1.54, 1.807) is 22.4 Å². The summed E-state index contributed by atoms with van der Waals surface area (Å²) in [6.45, 7) is 7.98. The lowest BCUT2D eigenvalue weighted by Gasteiger charge is -2.23. The number of thiazole rings is 1. The number of hydrogen-bond acceptors (Lipinski definition) is 6. The third-order valence-corrected chi connectivity index (χ3v) is 6.88. The Morgan fingerprint density at radius 3 is 2.47 bits per heavy atom. The van der Waals surface area contributed by atoms with E-state index in [0.29, 0.717) is 26.5 Å². The molecule has 0 fully saturated rings. The number of carbonyl (C=O) groups is 1. The minimum Gasteiger partial charge on any atom is -0.466 e. The highest BCUT2D eigenvalue weighted by Gasteiger charge is 2.34. The zero-order chi connectivity index (χ0) is 23.2. The molecule has 3 aromatic rings. The number of nitrogens with zero attached hydrogens (tertiary/aromatic N) is 4. The monoisotopic (exact) mass is 450 g/mol. The van der Waals surface area contributed by atoms with Crippen LogP contribution in [0.15, 0.2) is 51.5 Å². The molecule has 0 radical (unpaired) electrons. The summed E-state index contributed by atoms with van der Waals surface area (Å²) in [5.74, 6) is -0.0603. The van der Waals surface area contributed by atoms with E-state index in [-0.39, 0.29) is 5.56 Å². The fourth-order valence-electron chi connectivity index (χ4n) is 3.90. The Labute approximate surface area is 190 Å². The first kappa shape index (κ1) is 22.0. The van der Waals surface area contributed by atoms with E-state index in [1.165, 1.54) is 24.0 Å². The zero-order valence-electron chi connectivity index (χ0n) is 19.0. The summed E-state index contributed by atoms with van der Waals surface area (Å²) in [6.07, 6.45) is 3.57. The van der Waals surface area contributed by atoms with Crippen LogP contribution >= 0.6 is 11.3 Å². The molecule has 0 saturated carbocycles. The van der Waals surface area contributed by atoms with Crippen LogP contribution in [0.4, 0.5) is 0 Å². The van der Waals surface area contributed by atoms with Crippen molar-refractivity contribution in [1.29, 1.82) is 0 Å². The fraction of sp³-hybridized carbons (Fsp3) is 0.333. The van der Waals surface area contributed by atoms with Crippen molar-refractivity contribution in [2.45, 2.75) is 39.7 Å². The smallest absolute Gasteiger partial charge is 0.338 e. The maximum atomic E-state index is 13.5. The maximum absolute atomic E-state index is 13.5. The van der Waals surface area contributed by atoms with Gasteiger partial charge >= 0.3 is 5.97 Å². The SMILES string of the molecule is COC(=O)C1=C(C)N=c2s/c(=C/c3ccc(C(C)C)cc3)c(=O)n2C1c1cnn(C)c1C. The number of hydrogen-bond donors (Lipinski definition) is 0. The Morgan fingerprint density at radius 1 is 1.22 bits per heavy atom. The molecule has 0 aliphatic carbocycles. The normalized spacial score (nSPS) is 16.3. The number of methoxy groups -OCH3 is 1. The van der Waals surface area contributed by atoms with Crippen LogP contribution in [0, 0.1) is 6.92 Å². The van der Waals surface area contributed by atoms with E-state index in [4.69, 9.17) is 4.74 Å². The molecule has 0 spiro atoms. The molecule has 0 saturated heterocycles. The Balaban J connectivity index is 1.93. The van der Waals surface area contributed by atoms with Crippen molar-refractivity contribution in [2.75, 3.05) is 7.11 Å². The molecule has 0 bridgehead atoms. The minimum absolute atomic E-state index is 0.191. The van der Waals surface area contributed by atoms with E-state index < -0.39 is 12.0 Å². The summed E-state index contributed by atoms with van der Waals surface area (Å²) in [4.78, 5) is 31.4. The molecule has 1 aliphatic rings. The van der Waals surface area contributed by atoms with Crippen LogP contribution in [0.5, 0.6) is 0 Å². The van der Waals surface area contributed by atoms with Crippen LogP contribution < -0.4 is 14.9 Å². The molecule has 2 aromatic heterocycles. The molecule has 32 heavy (non-hydrogen) atoms. The molecular formula is C24H26N4O3S. The number of carbonyl (C=O) groups excluding carboxylic acids is 1. The van der Waals surface area contributed by atoms with E-state index in [1.807, 2.05) is 32.2 Å². The van der Waals surface area contributed by atoms with Crippen LogP contribution in [0.2, 0.25) is 0 Å². The maximum Gasteiger partial charge on any atom is 0.338 e. The minimum atomic E-state index is -0.641. The Kier molecular flexibility index (Phi) is 5.73. The number of aromatic nitrogens is 3.